The van der Waals surface area contributed by atoms with E-state index in [-0.39, 0.29) is 0 Å². The van der Waals surface area contributed by atoms with Crippen molar-refractivity contribution >= 4 is 5.97 Å². The van der Waals surface area contributed by atoms with Gasteiger partial charge in [-0.05, 0) is 37.0 Å². The molecule has 21 heavy (non-hydrogen) atoms. The van der Waals surface area contributed by atoms with Crippen LogP contribution in [0.5, 0.6) is 0 Å². The van der Waals surface area contributed by atoms with Crippen LogP contribution in [0.4, 0.5) is 0 Å². The summed E-state index contributed by atoms with van der Waals surface area (Å²) >= 11 is 0. The van der Waals surface area contributed by atoms with Crippen molar-refractivity contribution in [1.29, 1.82) is 0 Å². The zero-order valence-corrected chi connectivity index (χ0v) is 12.7. The molecule has 1 aromatic heterocycles. The van der Waals surface area contributed by atoms with Crippen LogP contribution in [0, 0.1) is 0 Å². The van der Waals surface area contributed by atoms with Crippen LogP contribution < -0.4 is 0 Å². The van der Waals surface area contributed by atoms with Crippen molar-refractivity contribution in [3.05, 3.63) is 47.3 Å². The summed E-state index contributed by atoms with van der Waals surface area (Å²) in [7, 11) is 0. The number of nitrogens with zero attached hydrogens (tertiary/aromatic N) is 2. The summed E-state index contributed by atoms with van der Waals surface area (Å²) in [6, 6.07) is 8.23. The van der Waals surface area contributed by atoms with Crippen molar-refractivity contribution in [3.63, 3.8) is 0 Å². The third-order valence-corrected chi connectivity index (χ3v) is 3.59. The Kier molecular flexibility index (Phi) is 5.14. The molecule has 0 aliphatic rings. The van der Waals surface area contributed by atoms with Crippen molar-refractivity contribution in [2.75, 3.05) is 0 Å². The van der Waals surface area contributed by atoms with Crippen LogP contribution >= 0.6 is 0 Å². The second kappa shape index (κ2) is 7.07. The molecule has 4 nitrogen and oxygen atoms in total. The smallest absolute Gasteiger partial charge is 0.339 e. The van der Waals surface area contributed by atoms with Crippen molar-refractivity contribution in [1.82, 2.24) is 9.78 Å². The highest BCUT2D eigenvalue weighted by Gasteiger charge is 2.16. The van der Waals surface area contributed by atoms with E-state index in [1.807, 2.05) is 19.1 Å². The van der Waals surface area contributed by atoms with Crippen LogP contribution in [0.15, 0.2) is 30.5 Å². The van der Waals surface area contributed by atoms with E-state index in [0.717, 1.165) is 24.2 Å². The van der Waals surface area contributed by atoms with E-state index in [2.05, 4.69) is 24.2 Å². The van der Waals surface area contributed by atoms with Gasteiger partial charge in [-0.3, -0.25) is 0 Å². The highest BCUT2D eigenvalue weighted by atomic mass is 16.4. The number of aromatic carboxylic acids is 1. The first-order chi connectivity index (χ1) is 10.2. The number of aryl methyl sites for hydroxylation is 1. The summed E-state index contributed by atoms with van der Waals surface area (Å²) in [5.74, 6) is -0.913. The summed E-state index contributed by atoms with van der Waals surface area (Å²) < 4.78 is 1.75. The van der Waals surface area contributed by atoms with Crippen molar-refractivity contribution in [2.45, 2.75) is 46.0 Å². The molecule has 0 bridgehead atoms. The minimum absolute atomic E-state index is 0.298. The topological polar surface area (TPSA) is 55.1 Å². The van der Waals surface area contributed by atoms with Crippen LogP contribution in [0.25, 0.3) is 5.69 Å². The van der Waals surface area contributed by atoms with Crippen molar-refractivity contribution < 1.29 is 9.90 Å². The summed E-state index contributed by atoms with van der Waals surface area (Å²) in [6.45, 7) is 4.22. The Morgan fingerprint density at radius 1 is 1.14 bits per heavy atom. The zero-order valence-electron chi connectivity index (χ0n) is 12.7. The SMILES string of the molecule is CCCCc1ccc(-n2ncc(C(=O)O)c2CCC)cc1. The van der Waals surface area contributed by atoms with E-state index in [1.165, 1.54) is 24.6 Å². The number of carbonyl (C=O) groups is 1. The Hall–Kier alpha value is -2.10. The third kappa shape index (κ3) is 3.51. The lowest BCUT2D eigenvalue weighted by Gasteiger charge is -2.09. The van der Waals surface area contributed by atoms with E-state index in [1.54, 1.807) is 4.68 Å². The Bertz CT molecular complexity index is 600. The minimum atomic E-state index is -0.913. The lowest BCUT2D eigenvalue weighted by molar-refractivity contribution is 0.0695. The van der Waals surface area contributed by atoms with E-state index in [9.17, 15) is 9.90 Å². The molecule has 112 valence electrons. The van der Waals surface area contributed by atoms with Gasteiger partial charge in [-0.1, -0.05) is 38.8 Å². The first-order valence-electron chi connectivity index (χ1n) is 7.56. The van der Waals surface area contributed by atoms with Crippen LogP contribution in [-0.2, 0) is 12.8 Å². The molecule has 0 amide bonds. The molecule has 0 atom stereocenters. The zero-order chi connectivity index (χ0) is 15.2. The van der Waals surface area contributed by atoms with Crippen LogP contribution in [0.1, 0.15) is 54.7 Å². The molecule has 1 aromatic carbocycles. The molecular formula is C17H22N2O2. The molecule has 0 aliphatic heterocycles. The number of aromatic nitrogens is 2. The predicted molar refractivity (Wildman–Crippen MR) is 83.1 cm³/mol. The quantitative estimate of drug-likeness (QED) is 0.840. The summed E-state index contributed by atoms with van der Waals surface area (Å²) in [4.78, 5) is 11.3. The number of unbranched alkanes of at least 4 members (excludes halogenated alkanes) is 1. The maximum atomic E-state index is 11.3. The molecule has 2 aromatic rings. The molecule has 0 saturated heterocycles. The molecular weight excluding hydrogens is 264 g/mol. The van der Waals surface area contributed by atoms with Crippen LogP contribution in [0.2, 0.25) is 0 Å². The fraction of sp³-hybridized carbons (Fsp3) is 0.412. The van der Waals surface area contributed by atoms with Gasteiger partial charge in [0, 0.05) is 0 Å². The van der Waals surface area contributed by atoms with Gasteiger partial charge >= 0.3 is 5.97 Å². The maximum Gasteiger partial charge on any atom is 0.339 e. The van der Waals surface area contributed by atoms with Gasteiger partial charge in [0.2, 0.25) is 0 Å². The second-order valence-corrected chi connectivity index (χ2v) is 5.24. The largest absolute Gasteiger partial charge is 0.478 e. The molecule has 0 saturated carbocycles. The summed E-state index contributed by atoms with van der Waals surface area (Å²) in [5, 5.41) is 13.5. The molecule has 0 spiro atoms. The fourth-order valence-corrected chi connectivity index (χ4v) is 2.44. The Morgan fingerprint density at radius 2 is 1.86 bits per heavy atom. The molecule has 0 fully saturated rings. The highest BCUT2D eigenvalue weighted by molar-refractivity contribution is 5.88. The lowest BCUT2D eigenvalue weighted by atomic mass is 10.1. The first-order valence-corrected chi connectivity index (χ1v) is 7.56. The molecule has 0 unspecified atom stereocenters. The minimum Gasteiger partial charge on any atom is -0.478 e. The predicted octanol–water partition coefficient (Wildman–Crippen LogP) is 3.87. The van der Waals surface area contributed by atoms with Gasteiger partial charge in [-0.25, -0.2) is 9.48 Å². The van der Waals surface area contributed by atoms with Gasteiger partial charge in [0.1, 0.15) is 5.56 Å². The first kappa shape index (κ1) is 15.3. The van der Waals surface area contributed by atoms with Gasteiger partial charge in [0.05, 0.1) is 17.6 Å². The number of carboxylic acid groups (broad SMARTS) is 1. The van der Waals surface area contributed by atoms with Gasteiger partial charge in [0.15, 0.2) is 0 Å². The summed E-state index contributed by atoms with van der Waals surface area (Å²) in [6.07, 6.45) is 6.49. The van der Waals surface area contributed by atoms with E-state index in [4.69, 9.17) is 0 Å². The molecule has 1 N–H and O–H groups in total. The van der Waals surface area contributed by atoms with Gasteiger partial charge in [-0.2, -0.15) is 5.10 Å². The number of carboxylic acids is 1. The number of benzene rings is 1. The van der Waals surface area contributed by atoms with Gasteiger partial charge < -0.3 is 5.11 Å². The molecule has 4 heteroatoms. The Labute approximate surface area is 125 Å². The average Bonchev–Trinajstić information content (AvgIpc) is 2.90. The monoisotopic (exact) mass is 286 g/mol. The van der Waals surface area contributed by atoms with Crippen molar-refractivity contribution in [3.8, 4) is 5.69 Å². The molecule has 1 heterocycles. The summed E-state index contributed by atoms with van der Waals surface area (Å²) in [5.41, 5.74) is 3.30. The van der Waals surface area contributed by atoms with Crippen LogP contribution in [0.3, 0.4) is 0 Å². The van der Waals surface area contributed by atoms with Crippen LogP contribution in [-0.4, -0.2) is 20.9 Å². The van der Waals surface area contributed by atoms with Gasteiger partial charge in [0.25, 0.3) is 0 Å². The average molecular weight is 286 g/mol. The van der Waals surface area contributed by atoms with E-state index >= 15 is 0 Å². The molecule has 2 rings (SSSR count). The number of hydrogen-bond donors (Lipinski definition) is 1. The second-order valence-electron chi connectivity index (χ2n) is 5.24. The lowest BCUT2D eigenvalue weighted by Crippen LogP contribution is -2.06. The molecule has 0 radical (unpaired) electrons. The third-order valence-electron chi connectivity index (χ3n) is 3.59. The van der Waals surface area contributed by atoms with E-state index < -0.39 is 5.97 Å². The Morgan fingerprint density at radius 3 is 2.43 bits per heavy atom. The highest BCUT2D eigenvalue weighted by Crippen LogP contribution is 2.18. The van der Waals surface area contributed by atoms with E-state index in [0.29, 0.717) is 12.0 Å². The maximum absolute atomic E-state index is 11.3. The van der Waals surface area contributed by atoms with Crippen molar-refractivity contribution in [2.24, 2.45) is 0 Å². The Balaban J connectivity index is 2.30. The number of hydrogen-bond acceptors (Lipinski definition) is 2. The van der Waals surface area contributed by atoms with Gasteiger partial charge in [-0.15, -0.1) is 0 Å². The fourth-order valence-electron chi connectivity index (χ4n) is 2.44. The normalized spacial score (nSPS) is 10.8. The molecule has 0 aliphatic carbocycles. The standard InChI is InChI=1S/C17H22N2O2/c1-3-5-7-13-8-10-14(11-9-13)19-16(6-4-2)15(12-18-19)17(20)21/h8-12H,3-7H2,1-2H3,(H,20,21). The number of rotatable bonds is 7.